The van der Waals surface area contributed by atoms with Crippen LogP contribution in [0.2, 0.25) is 0 Å². The van der Waals surface area contributed by atoms with Crippen LogP contribution >= 0.6 is 0 Å². The molecule has 2 aliphatic rings. The van der Waals surface area contributed by atoms with Crippen molar-refractivity contribution in [2.45, 2.75) is 18.9 Å². The summed E-state index contributed by atoms with van der Waals surface area (Å²) in [5, 5.41) is 0. The van der Waals surface area contributed by atoms with Crippen LogP contribution in [0, 0.1) is 0 Å². The van der Waals surface area contributed by atoms with Crippen molar-refractivity contribution in [1.29, 1.82) is 0 Å². The zero-order valence-corrected chi connectivity index (χ0v) is 9.43. The molecule has 4 heteroatoms. The number of ether oxygens (including phenoxy) is 3. The highest BCUT2D eigenvalue weighted by Gasteiger charge is 2.37. The van der Waals surface area contributed by atoms with Crippen LogP contribution in [0.15, 0.2) is 30.4 Å². The fourth-order valence-corrected chi connectivity index (χ4v) is 2.30. The van der Waals surface area contributed by atoms with E-state index in [9.17, 15) is 4.79 Å². The number of hydrogen-bond acceptors (Lipinski definition) is 4. The van der Waals surface area contributed by atoms with Gasteiger partial charge in [0.25, 0.3) is 0 Å². The summed E-state index contributed by atoms with van der Waals surface area (Å²) in [5.74, 6) is 1.02. The molecule has 1 aromatic rings. The van der Waals surface area contributed by atoms with Gasteiger partial charge in [0, 0.05) is 5.57 Å². The Morgan fingerprint density at radius 2 is 2.06 bits per heavy atom. The quantitative estimate of drug-likeness (QED) is 0.548. The Kier molecular flexibility index (Phi) is 2.11. The Bertz CT molecular complexity index is 506. The maximum Gasteiger partial charge on any atom is 0.334 e. The van der Waals surface area contributed by atoms with Crippen LogP contribution in [-0.2, 0) is 9.53 Å². The van der Waals surface area contributed by atoms with E-state index < -0.39 is 0 Å². The molecule has 0 bridgehead atoms. The Labute approximate surface area is 98.8 Å². The molecule has 0 aromatic heterocycles. The number of esters is 1. The van der Waals surface area contributed by atoms with Gasteiger partial charge in [0.1, 0.15) is 6.10 Å². The van der Waals surface area contributed by atoms with Crippen LogP contribution in [0.5, 0.6) is 11.5 Å². The third kappa shape index (κ3) is 1.48. The van der Waals surface area contributed by atoms with Gasteiger partial charge in [0.15, 0.2) is 11.5 Å². The molecule has 0 radical (unpaired) electrons. The lowest BCUT2D eigenvalue weighted by Crippen LogP contribution is -2.10. The van der Waals surface area contributed by atoms with Gasteiger partial charge in [-0.25, -0.2) is 4.79 Å². The summed E-state index contributed by atoms with van der Waals surface area (Å²) in [6.07, 6.45) is -0.185. The molecule has 1 aromatic carbocycles. The molecule has 1 saturated heterocycles. The lowest BCUT2D eigenvalue weighted by Gasteiger charge is -2.14. The average Bonchev–Trinajstić information content (AvgIpc) is 2.84. The highest BCUT2D eigenvalue weighted by molar-refractivity contribution is 5.92. The molecule has 2 atom stereocenters. The van der Waals surface area contributed by atoms with E-state index in [1.54, 1.807) is 0 Å². The van der Waals surface area contributed by atoms with E-state index in [1.807, 2.05) is 25.1 Å². The first-order valence-electron chi connectivity index (χ1n) is 5.46. The molecule has 2 heterocycles. The summed E-state index contributed by atoms with van der Waals surface area (Å²) >= 11 is 0. The van der Waals surface area contributed by atoms with Crippen molar-refractivity contribution < 1.29 is 19.0 Å². The zero-order chi connectivity index (χ0) is 12.0. The minimum Gasteiger partial charge on any atom is -0.458 e. The molecule has 0 unspecified atom stereocenters. The second-order valence-electron chi connectivity index (χ2n) is 4.23. The van der Waals surface area contributed by atoms with Gasteiger partial charge in [-0.3, -0.25) is 0 Å². The number of fused-ring (bicyclic) bond motifs is 1. The molecule has 4 nitrogen and oxygen atoms in total. The van der Waals surface area contributed by atoms with E-state index in [2.05, 4.69) is 6.58 Å². The van der Waals surface area contributed by atoms with Crippen molar-refractivity contribution in [3.05, 3.63) is 35.9 Å². The number of carbonyl (C=O) groups excluding carboxylic acids is 1. The highest BCUT2D eigenvalue weighted by Crippen LogP contribution is 2.40. The maximum atomic E-state index is 11.4. The van der Waals surface area contributed by atoms with E-state index in [4.69, 9.17) is 14.2 Å². The maximum absolute atomic E-state index is 11.4. The molecule has 88 valence electrons. The van der Waals surface area contributed by atoms with E-state index in [1.165, 1.54) is 0 Å². The molecule has 0 saturated carbocycles. The number of benzene rings is 1. The summed E-state index contributed by atoms with van der Waals surface area (Å²) in [6.45, 7) is 5.90. The van der Waals surface area contributed by atoms with Crippen molar-refractivity contribution >= 4 is 5.97 Å². The van der Waals surface area contributed by atoms with Gasteiger partial charge in [-0.15, -0.1) is 0 Å². The standard InChI is InChI=1S/C13H12O4/c1-7-12(8(2)17-13(7)14)9-3-4-10-11(5-9)16-6-15-10/h3-5,8,12H,1,6H2,2H3/t8-,12+/m0/s1. The van der Waals surface area contributed by atoms with Gasteiger partial charge in [-0.1, -0.05) is 12.6 Å². The lowest BCUT2D eigenvalue weighted by atomic mass is 9.90. The summed E-state index contributed by atoms with van der Waals surface area (Å²) in [5.41, 5.74) is 1.47. The first-order valence-corrected chi connectivity index (χ1v) is 5.46. The number of rotatable bonds is 1. The van der Waals surface area contributed by atoms with Crippen LogP contribution in [-0.4, -0.2) is 18.9 Å². The largest absolute Gasteiger partial charge is 0.458 e. The second-order valence-corrected chi connectivity index (χ2v) is 4.23. The van der Waals surface area contributed by atoms with E-state index in [-0.39, 0.29) is 24.8 Å². The predicted octanol–water partition coefficient (Wildman–Crippen LogP) is 2.00. The summed E-state index contributed by atoms with van der Waals surface area (Å²) in [6, 6.07) is 5.65. The second kappa shape index (κ2) is 3.52. The number of cyclic esters (lactones) is 1. The van der Waals surface area contributed by atoms with Gasteiger partial charge < -0.3 is 14.2 Å². The molecule has 2 aliphatic heterocycles. The summed E-state index contributed by atoms with van der Waals surface area (Å²) in [7, 11) is 0. The smallest absolute Gasteiger partial charge is 0.334 e. The van der Waals surface area contributed by atoms with Gasteiger partial charge >= 0.3 is 5.97 Å². The Hall–Kier alpha value is -1.97. The van der Waals surface area contributed by atoms with Gasteiger partial charge in [-0.2, -0.15) is 0 Å². The average molecular weight is 232 g/mol. The van der Waals surface area contributed by atoms with Crippen LogP contribution < -0.4 is 9.47 Å². The molecule has 1 fully saturated rings. The van der Waals surface area contributed by atoms with Crippen molar-refractivity contribution in [3.8, 4) is 11.5 Å². The third-order valence-electron chi connectivity index (χ3n) is 3.16. The molecule has 17 heavy (non-hydrogen) atoms. The predicted molar refractivity (Wildman–Crippen MR) is 60.0 cm³/mol. The third-order valence-corrected chi connectivity index (χ3v) is 3.16. The minimum absolute atomic E-state index is 0.100. The van der Waals surface area contributed by atoms with Crippen molar-refractivity contribution in [2.24, 2.45) is 0 Å². The number of hydrogen-bond donors (Lipinski definition) is 0. The lowest BCUT2D eigenvalue weighted by molar-refractivity contribution is -0.138. The van der Waals surface area contributed by atoms with Gasteiger partial charge in [-0.05, 0) is 24.6 Å². The van der Waals surface area contributed by atoms with Crippen molar-refractivity contribution in [2.75, 3.05) is 6.79 Å². The zero-order valence-electron chi connectivity index (χ0n) is 9.43. The van der Waals surface area contributed by atoms with Crippen LogP contribution in [0.25, 0.3) is 0 Å². The highest BCUT2D eigenvalue weighted by atomic mass is 16.7. The van der Waals surface area contributed by atoms with Crippen LogP contribution in [0.3, 0.4) is 0 Å². The molecule has 0 spiro atoms. The normalized spacial score (nSPS) is 26.2. The molecule has 0 N–H and O–H groups in total. The summed E-state index contributed by atoms with van der Waals surface area (Å²) < 4.78 is 15.7. The molecule has 0 aliphatic carbocycles. The number of carbonyl (C=O) groups is 1. The molecule has 3 rings (SSSR count). The van der Waals surface area contributed by atoms with Crippen molar-refractivity contribution in [1.82, 2.24) is 0 Å². The fourth-order valence-electron chi connectivity index (χ4n) is 2.30. The molecular formula is C13H12O4. The van der Waals surface area contributed by atoms with Gasteiger partial charge in [0.05, 0.1) is 5.92 Å². The first-order chi connectivity index (χ1) is 8.16. The SMILES string of the molecule is C=C1C(=O)O[C@@H](C)[C@@H]1c1ccc2c(c1)OCO2. The monoisotopic (exact) mass is 232 g/mol. The van der Waals surface area contributed by atoms with Crippen molar-refractivity contribution in [3.63, 3.8) is 0 Å². The van der Waals surface area contributed by atoms with E-state index in [0.717, 1.165) is 11.3 Å². The fraction of sp³-hybridized carbons (Fsp3) is 0.308. The van der Waals surface area contributed by atoms with Gasteiger partial charge in [0.2, 0.25) is 6.79 Å². The Balaban J connectivity index is 1.99. The Morgan fingerprint density at radius 3 is 2.76 bits per heavy atom. The Morgan fingerprint density at radius 1 is 1.29 bits per heavy atom. The molecular weight excluding hydrogens is 220 g/mol. The topological polar surface area (TPSA) is 44.8 Å². The minimum atomic E-state index is -0.319. The summed E-state index contributed by atoms with van der Waals surface area (Å²) in [4.78, 5) is 11.4. The first kappa shape index (κ1) is 10.2. The van der Waals surface area contributed by atoms with Crippen LogP contribution in [0.4, 0.5) is 0 Å². The van der Waals surface area contributed by atoms with E-state index in [0.29, 0.717) is 11.3 Å². The van der Waals surface area contributed by atoms with Crippen LogP contribution in [0.1, 0.15) is 18.4 Å². The van der Waals surface area contributed by atoms with E-state index >= 15 is 0 Å². The molecule has 0 amide bonds.